The van der Waals surface area contributed by atoms with Gasteiger partial charge in [-0.1, -0.05) is 0 Å². The Hall–Kier alpha value is -1.05. The molecule has 0 aliphatic rings. The Kier molecular flexibility index (Phi) is 6.70. The quantitative estimate of drug-likeness (QED) is 0.308. The molecule has 6 heteroatoms. The van der Waals surface area contributed by atoms with E-state index in [1.165, 1.54) is 0 Å². The van der Waals surface area contributed by atoms with Gasteiger partial charge in [0.2, 0.25) is 0 Å². The van der Waals surface area contributed by atoms with Gasteiger partial charge in [0.05, 0.1) is 0 Å². The Balaban J connectivity index is 2.59. The van der Waals surface area contributed by atoms with Gasteiger partial charge in [-0.05, 0) is 0 Å². The summed E-state index contributed by atoms with van der Waals surface area (Å²) in [5.74, 6) is 2.37. The number of hydrogen-bond donors (Lipinski definition) is 0. The fraction of sp³-hybridized carbons (Fsp3) is 0.467. The van der Waals surface area contributed by atoms with Crippen molar-refractivity contribution in [3.05, 3.63) is 35.4 Å². The second-order valence-corrected chi connectivity index (χ2v) is 6.43. The van der Waals surface area contributed by atoms with Crippen molar-refractivity contribution in [3.63, 3.8) is 0 Å². The molecule has 0 aliphatic heterocycles. The first-order valence-electron chi connectivity index (χ1n) is 6.49. The van der Waals surface area contributed by atoms with Crippen LogP contribution < -0.4 is 0 Å². The van der Waals surface area contributed by atoms with Gasteiger partial charge in [0.15, 0.2) is 0 Å². The number of hydrogen-bond acceptors (Lipinski definition) is 0. The van der Waals surface area contributed by atoms with E-state index in [2.05, 4.69) is 12.8 Å². The van der Waals surface area contributed by atoms with Gasteiger partial charge in [0.25, 0.3) is 0 Å². The molecule has 0 radical (unpaired) electrons. The molecule has 0 aromatic heterocycles. The van der Waals surface area contributed by atoms with Crippen molar-refractivity contribution < 1.29 is 22.0 Å². The van der Waals surface area contributed by atoms with Crippen molar-refractivity contribution in [2.75, 3.05) is 0 Å². The molecular weight excluding hydrogens is 354 g/mol. The zero-order chi connectivity index (χ0) is 15.9. The number of unbranched alkanes of at least 4 members (excludes halogenated alkanes) is 2. The molecule has 0 fully saturated rings. The Labute approximate surface area is 127 Å². The van der Waals surface area contributed by atoms with E-state index < -0.39 is 26.0 Å². The number of aryl methyl sites for hydroxylation is 1. The van der Waals surface area contributed by atoms with Gasteiger partial charge in [-0.15, -0.1) is 0 Å². The summed E-state index contributed by atoms with van der Waals surface area (Å²) in [6, 6.07) is 6.95. The Morgan fingerprint density at radius 1 is 1.00 bits per heavy atom. The maximum absolute atomic E-state index is 12.7. The molecule has 0 spiro atoms. The van der Waals surface area contributed by atoms with Crippen LogP contribution in [-0.2, 0) is 6.42 Å². The van der Waals surface area contributed by atoms with Crippen LogP contribution in [0.3, 0.4) is 0 Å². The molecule has 1 rings (SSSR count). The predicted octanol–water partition coefficient (Wildman–Crippen LogP) is 4.59. The second kappa shape index (κ2) is 7.82. The molecule has 0 bridgehead atoms. The van der Waals surface area contributed by atoms with E-state index in [4.69, 9.17) is 0 Å². The van der Waals surface area contributed by atoms with Gasteiger partial charge in [0.1, 0.15) is 0 Å². The molecule has 0 N–H and O–H groups in total. The minimum atomic E-state index is -5.52. The fourth-order valence-electron chi connectivity index (χ4n) is 1.54. The van der Waals surface area contributed by atoms with E-state index in [1.54, 1.807) is 12.1 Å². The van der Waals surface area contributed by atoms with E-state index >= 15 is 0 Å². The standard InChI is InChI=1S/C15H15F5Se/c1-2-3-4-5-12-6-8-13(9-7-12)10-11-21-15(19,20)14(16,17)18/h6-9H,2-5H2,1H3. The summed E-state index contributed by atoms with van der Waals surface area (Å²) in [5.41, 5.74) is 1.56. The van der Waals surface area contributed by atoms with E-state index in [0.29, 0.717) is 5.56 Å². The topological polar surface area (TPSA) is 0 Å². The van der Waals surface area contributed by atoms with Crippen LogP contribution in [0.5, 0.6) is 0 Å². The molecule has 1 aromatic rings. The molecule has 21 heavy (non-hydrogen) atoms. The first-order valence-corrected chi connectivity index (χ1v) is 8.20. The van der Waals surface area contributed by atoms with Crippen LogP contribution in [-0.4, -0.2) is 26.0 Å². The number of benzene rings is 1. The summed E-state index contributed by atoms with van der Waals surface area (Å²) in [7, 11) is 0. The van der Waals surface area contributed by atoms with Gasteiger partial charge in [-0.25, -0.2) is 0 Å². The van der Waals surface area contributed by atoms with Crippen LogP contribution in [0.4, 0.5) is 22.0 Å². The average Bonchev–Trinajstić information content (AvgIpc) is 2.39. The SMILES string of the molecule is CCCCCc1ccc(C#C[Se]C(F)(F)C(F)(F)F)cc1. The van der Waals surface area contributed by atoms with Gasteiger partial charge in [-0.2, -0.15) is 0 Å². The minimum absolute atomic E-state index is 0.453. The number of halogens is 5. The monoisotopic (exact) mass is 370 g/mol. The van der Waals surface area contributed by atoms with E-state index in [0.717, 1.165) is 31.2 Å². The van der Waals surface area contributed by atoms with Gasteiger partial charge in [0, 0.05) is 0 Å². The van der Waals surface area contributed by atoms with Crippen molar-refractivity contribution >= 4 is 15.0 Å². The number of alkyl halides is 5. The molecule has 0 heterocycles. The summed E-state index contributed by atoms with van der Waals surface area (Å²) in [4.78, 5) is -2.74. The summed E-state index contributed by atoms with van der Waals surface area (Å²) in [6.45, 7) is 2.11. The third-order valence-electron chi connectivity index (χ3n) is 2.73. The van der Waals surface area contributed by atoms with E-state index in [-0.39, 0.29) is 0 Å². The van der Waals surface area contributed by atoms with Crippen LogP contribution >= 0.6 is 0 Å². The van der Waals surface area contributed by atoms with Crippen LogP contribution in [0.2, 0.25) is 0 Å². The molecule has 1 aromatic carbocycles. The van der Waals surface area contributed by atoms with Crippen LogP contribution in [0, 0.1) is 10.7 Å². The molecule has 0 saturated carbocycles. The third-order valence-corrected chi connectivity index (χ3v) is 4.18. The summed E-state index contributed by atoms with van der Waals surface area (Å²) >= 11 is -2.12. The van der Waals surface area contributed by atoms with Crippen molar-refractivity contribution in [2.24, 2.45) is 0 Å². The van der Waals surface area contributed by atoms with Crippen molar-refractivity contribution in [1.82, 2.24) is 0 Å². The average molecular weight is 369 g/mol. The van der Waals surface area contributed by atoms with Gasteiger partial charge < -0.3 is 0 Å². The molecule has 0 nitrogen and oxygen atoms in total. The molecule has 0 amide bonds. The van der Waals surface area contributed by atoms with Gasteiger partial charge >= 0.3 is 127 Å². The Morgan fingerprint density at radius 2 is 1.62 bits per heavy atom. The molecular formula is C15H15F5Se. The first kappa shape index (κ1) is 18.0. The Morgan fingerprint density at radius 3 is 2.14 bits per heavy atom. The zero-order valence-electron chi connectivity index (χ0n) is 11.4. The molecule has 0 saturated heterocycles. The fourth-order valence-corrected chi connectivity index (χ4v) is 2.41. The summed E-state index contributed by atoms with van der Waals surface area (Å²) < 4.78 is 61.2. The van der Waals surface area contributed by atoms with Crippen molar-refractivity contribution in [3.8, 4) is 10.7 Å². The Bertz CT molecular complexity index is 494. The van der Waals surface area contributed by atoms with Crippen LogP contribution in [0.1, 0.15) is 37.3 Å². The summed E-state index contributed by atoms with van der Waals surface area (Å²) in [6.07, 6.45) is -1.26. The molecule has 0 aliphatic carbocycles. The molecule has 0 atom stereocenters. The predicted molar refractivity (Wildman–Crippen MR) is 73.3 cm³/mol. The molecule has 116 valence electrons. The van der Waals surface area contributed by atoms with Crippen molar-refractivity contribution in [1.29, 1.82) is 0 Å². The van der Waals surface area contributed by atoms with E-state index in [9.17, 15) is 22.0 Å². The summed E-state index contributed by atoms with van der Waals surface area (Å²) in [5, 5.41) is 0. The molecule has 0 unspecified atom stereocenters. The van der Waals surface area contributed by atoms with Crippen LogP contribution in [0.15, 0.2) is 24.3 Å². The zero-order valence-corrected chi connectivity index (χ0v) is 13.1. The number of rotatable bonds is 5. The maximum atomic E-state index is 12.7. The van der Waals surface area contributed by atoms with Gasteiger partial charge in [-0.3, -0.25) is 0 Å². The van der Waals surface area contributed by atoms with Crippen LogP contribution in [0.25, 0.3) is 0 Å². The third kappa shape index (κ3) is 6.07. The van der Waals surface area contributed by atoms with E-state index in [1.807, 2.05) is 17.0 Å². The normalized spacial score (nSPS) is 11.9. The first-order chi connectivity index (χ1) is 9.76. The van der Waals surface area contributed by atoms with Crippen molar-refractivity contribution in [2.45, 2.75) is 43.6 Å². The second-order valence-electron chi connectivity index (χ2n) is 4.50.